The van der Waals surface area contributed by atoms with Gasteiger partial charge in [0.25, 0.3) is 0 Å². The molecule has 20 heavy (non-hydrogen) atoms. The minimum Gasteiger partial charge on any atom is -0.271 e. The molecule has 0 amide bonds. The minimum atomic E-state index is -0.343. The molecule has 0 aliphatic rings. The van der Waals surface area contributed by atoms with E-state index in [0.29, 0.717) is 17.0 Å². The van der Waals surface area contributed by atoms with Gasteiger partial charge in [0.2, 0.25) is 0 Å². The first-order chi connectivity index (χ1) is 9.49. The number of hydrogen-bond acceptors (Lipinski definition) is 2. The van der Waals surface area contributed by atoms with E-state index < -0.39 is 0 Å². The summed E-state index contributed by atoms with van der Waals surface area (Å²) >= 11 is 5.77. The maximum Gasteiger partial charge on any atom is 0.129 e. The van der Waals surface area contributed by atoms with Crippen LogP contribution in [0.1, 0.15) is 28.3 Å². The Morgan fingerprint density at radius 1 is 1.15 bits per heavy atom. The molecule has 0 heterocycles. The van der Waals surface area contributed by atoms with Crippen LogP contribution in [0.5, 0.6) is 0 Å². The Kier molecular flexibility index (Phi) is 4.76. The summed E-state index contributed by atoms with van der Waals surface area (Å²) in [7, 11) is 0. The van der Waals surface area contributed by atoms with Crippen LogP contribution < -0.4 is 11.3 Å². The first-order valence-electron chi connectivity index (χ1n) is 6.48. The van der Waals surface area contributed by atoms with Crippen molar-refractivity contribution in [2.45, 2.75) is 26.3 Å². The monoisotopic (exact) mass is 292 g/mol. The first-order valence-corrected chi connectivity index (χ1v) is 6.85. The zero-order valence-electron chi connectivity index (χ0n) is 11.6. The Labute approximate surface area is 123 Å². The maximum absolute atomic E-state index is 14.0. The third-order valence-electron chi connectivity index (χ3n) is 3.26. The van der Waals surface area contributed by atoms with Crippen molar-refractivity contribution in [3.05, 3.63) is 69.5 Å². The van der Waals surface area contributed by atoms with Crippen LogP contribution in [0.15, 0.2) is 36.4 Å². The molecule has 3 N–H and O–H groups in total. The molecule has 0 fully saturated rings. The lowest BCUT2D eigenvalue weighted by atomic mass is 9.96. The smallest absolute Gasteiger partial charge is 0.129 e. The fraction of sp³-hybridized carbons (Fsp3) is 0.250. The number of nitrogens with one attached hydrogen (secondary N) is 1. The molecule has 1 unspecified atom stereocenters. The average Bonchev–Trinajstić information content (AvgIpc) is 2.35. The molecule has 0 spiro atoms. The van der Waals surface area contributed by atoms with Crippen molar-refractivity contribution in [3.8, 4) is 0 Å². The highest BCUT2D eigenvalue weighted by Crippen LogP contribution is 2.24. The molecule has 2 aromatic rings. The van der Waals surface area contributed by atoms with Crippen LogP contribution in [0.25, 0.3) is 0 Å². The summed E-state index contributed by atoms with van der Waals surface area (Å²) < 4.78 is 14.0. The van der Waals surface area contributed by atoms with Gasteiger partial charge in [-0.2, -0.15) is 0 Å². The summed E-state index contributed by atoms with van der Waals surface area (Å²) in [5.74, 6) is 5.24. The van der Waals surface area contributed by atoms with Crippen molar-refractivity contribution in [3.63, 3.8) is 0 Å². The van der Waals surface area contributed by atoms with Gasteiger partial charge < -0.3 is 0 Å². The Balaban J connectivity index is 2.28. The van der Waals surface area contributed by atoms with Crippen molar-refractivity contribution >= 4 is 11.6 Å². The van der Waals surface area contributed by atoms with Gasteiger partial charge in [0.15, 0.2) is 0 Å². The first kappa shape index (κ1) is 15.0. The third-order valence-corrected chi connectivity index (χ3v) is 3.50. The van der Waals surface area contributed by atoms with E-state index in [-0.39, 0.29) is 11.9 Å². The Bertz CT molecular complexity index is 593. The molecule has 106 valence electrons. The molecule has 2 aromatic carbocycles. The van der Waals surface area contributed by atoms with Gasteiger partial charge in [-0.25, -0.2) is 4.39 Å². The van der Waals surface area contributed by atoms with E-state index in [0.717, 1.165) is 5.56 Å². The molecule has 2 nitrogen and oxygen atoms in total. The lowest BCUT2D eigenvalue weighted by molar-refractivity contribution is 0.510. The standard InChI is InChI=1S/C16H18ClFN2/c1-10-5-11(2)7-12(6-10)8-16(20-19)14-4-3-13(17)9-15(14)18/h3-7,9,16,20H,8,19H2,1-2H3. The predicted molar refractivity (Wildman–Crippen MR) is 81.1 cm³/mol. The lowest BCUT2D eigenvalue weighted by Crippen LogP contribution is -2.30. The van der Waals surface area contributed by atoms with Crippen molar-refractivity contribution in [1.29, 1.82) is 0 Å². The highest BCUT2D eigenvalue weighted by atomic mass is 35.5. The van der Waals surface area contributed by atoms with Crippen molar-refractivity contribution in [2.24, 2.45) is 5.84 Å². The zero-order chi connectivity index (χ0) is 14.7. The molecule has 0 aromatic heterocycles. The highest BCUT2D eigenvalue weighted by molar-refractivity contribution is 6.30. The van der Waals surface area contributed by atoms with Gasteiger partial charge in [0, 0.05) is 10.6 Å². The van der Waals surface area contributed by atoms with Crippen molar-refractivity contribution in [1.82, 2.24) is 5.43 Å². The summed E-state index contributed by atoms with van der Waals surface area (Å²) in [5, 5.41) is 0.383. The van der Waals surface area contributed by atoms with Crippen molar-refractivity contribution in [2.75, 3.05) is 0 Å². The van der Waals surface area contributed by atoms with Crippen LogP contribution in [-0.4, -0.2) is 0 Å². The van der Waals surface area contributed by atoms with E-state index in [2.05, 4.69) is 23.6 Å². The summed E-state index contributed by atoms with van der Waals surface area (Å²) in [6, 6.07) is 10.7. The molecular formula is C16H18ClFN2. The molecular weight excluding hydrogens is 275 g/mol. The second kappa shape index (κ2) is 6.35. The lowest BCUT2D eigenvalue weighted by Gasteiger charge is -2.18. The van der Waals surface area contributed by atoms with Crippen LogP contribution >= 0.6 is 11.6 Å². The molecule has 0 saturated carbocycles. The Morgan fingerprint density at radius 3 is 2.35 bits per heavy atom. The molecule has 0 saturated heterocycles. The second-order valence-corrected chi connectivity index (χ2v) is 5.52. The summed E-state index contributed by atoms with van der Waals surface area (Å²) in [5.41, 5.74) is 6.71. The molecule has 2 rings (SSSR count). The van der Waals surface area contributed by atoms with E-state index in [9.17, 15) is 4.39 Å². The quantitative estimate of drug-likeness (QED) is 0.664. The van der Waals surface area contributed by atoms with Crippen LogP contribution in [-0.2, 0) is 6.42 Å². The largest absolute Gasteiger partial charge is 0.271 e. The average molecular weight is 293 g/mol. The van der Waals surface area contributed by atoms with Gasteiger partial charge in [-0.05, 0) is 38.0 Å². The number of benzene rings is 2. The van der Waals surface area contributed by atoms with Crippen LogP contribution in [0.4, 0.5) is 4.39 Å². The topological polar surface area (TPSA) is 38.0 Å². The molecule has 0 aliphatic carbocycles. The van der Waals surface area contributed by atoms with Crippen LogP contribution in [0.2, 0.25) is 5.02 Å². The Morgan fingerprint density at radius 2 is 1.80 bits per heavy atom. The van der Waals surface area contributed by atoms with Gasteiger partial charge >= 0.3 is 0 Å². The van der Waals surface area contributed by atoms with Crippen molar-refractivity contribution < 1.29 is 4.39 Å². The molecule has 1 atom stereocenters. The minimum absolute atomic E-state index is 0.284. The fourth-order valence-electron chi connectivity index (χ4n) is 2.47. The van der Waals surface area contributed by atoms with E-state index >= 15 is 0 Å². The van der Waals surface area contributed by atoms with Crippen LogP contribution in [0.3, 0.4) is 0 Å². The maximum atomic E-state index is 14.0. The third kappa shape index (κ3) is 3.57. The number of halogens is 2. The van der Waals surface area contributed by atoms with Crippen LogP contribution in [0, 0.1) is 19.7 Å². The Hall–Kier alpha value is -1.42. The normalized spacial score (nSPS) is 12.4. The number of hydrogen-bond donors (Lipinski definition) is 2. The highest BCUT2D eigenvalue weighted by Gasteiger charge is 2.15. The molecule has 4 heteroatoms. The zero-order valence-corrected chi connectivity index (χ0v) is 12.3. The van der Waals surface area contributed by atoms with Gasteiger partial charge in [-0.15, -0.1) is 0 Å². The fourth-order valence-corrected chi connectivity index (χ4v) is 2.62. The number of rotatable bonds is 4. The van der Waals surface area contributed by atoms with Gasteiger partial charge in [0.05, 0.1) is 6.04 Å². The summed E-state index contributed by atoms with van der Waals surface area (Å²) in [6.07, 6.45) is 0.623. The number of hydrazine groups is 1. The molecule has 0 aliphatic heterocycles. The second-order valence-electron chi connectivity index (χ2n) is 5.09. The number of nitrogens with two attached hydrogens (primary N) is 1. The van der Waals surface area contributed by atoms with E-state index in [1.54, 1.807) is 12.1 Å². The van der Waals surface area contributed by atoms with E-state index in [4.69, 9.17) is 17.4 Å². The predicted octanol–water partition coefficient (Wildman–Crippen LogP) is 3.84. The molecule has 0 bridgehead atoms. The van der Waals surface area contributed by atoms with Gasteiger partial charge in [0.1, 0.15) is 5.82 Å². The van der Waals surface area contributed by atoms with Gasteiger partial charge in [-0.3, -0.25) is 11.3 Å². The summed E-state index contributed by atoms with van der Waals surface area (Å²) in [6.45, 7) is 4.09. The number of aryl methyl sites for hydroxylation is 2. The SMILES string of the molecule is Cc1cc(C)cc(CC(NN)c2ccc(Cl)cc2F)c1. The van der Waals surface area contributed by atoms with E-state index in [1.807, 2.05) is 13.8 Å². The van der Waals surface area contributed by atoms with E-state index in [1.165, 1.54) is 17.2 Å². The van der Waals surface area contributed by atoms with Gasteiger partial charge in [-0.1, -0.05) is 47.0 Å². The summed E-state index contributed by atoms with van der Waals surface area (Å²) in [4.78, 5) is 0. The molecule has 0 radical (unpaired) electrons.